The van der Waals surface area contributed by atoms with Crippen LogP contribution in [0.2, 0.25) is 32.2 Å². The number of fused-ring (bicyclic) bond motifs is 1. The lowest BCUT2D eigenvalue weighted by molar-refractivity contribution is 0.459. The number of aryl methyl sites for hydroxylation is 1. The van der Waals surface area contributed by atoms with E-state index in [2.05, 4.69) is 44.2 Å². The molecule has 6 heteroatoms. The summed E-state index contributed by atoms with van der Waals surface area (Å²) in [6, 6.07) is 12.8. The monoisotopic (exact) mass is 412 g/mol. The zero-order valence-electron chi connectivity index (χ0n) is 17.7. The van der Waals surface area contributed by atoms with Crippen molar-refractivity contribution in [2.45, 2.75) is 52.5 Å². The average Bonchev–Trinajstić information content (AvgIpc) is 2.99. The quantitative estimate of drug-likeness (QED) is 0.472. The van der Waals surface area contributed by atoms with Crippen molar-refractivity contribution in [2.24, 2.45) is 5.92 Å². The molecule has 0 spiro atoms. The number of para-hydroxylation sites is 2. The van der Waals surface area contributed by atoms with Gasteiger partial charge in [-0.05, 0) is 80.8 Å². The highest BCUT2D eigenvalue weighted by atomic mass is 28.4. The molecule has 2 aromatic carbocycles. The topological polar surface area (TPSA) is 55.5 Å². The first-order valence-corrected chi connectivity index (χ1v) is 15.3. The van der Waals surface area contributed by atoms with E-state index in [-0.39, 0.29) is 5.75 Å². The van der Waals surface area contributed by atoms with Gasteiger partial charge in [0, 0.05) is 0 Å². The van der Waals surface area contributed by atoms with Crippen LogP contribution in [0.1, 0.15) is 18.1 Å². The second-order valence-electron chi connectivity index (χ2n) is 8.74. The van der Waals surface area contributed by atoms with Crippen LogP contribution >= 0.6 is 0 Å². The van der Waals surface area contributed by atoms with E-state index in [1.54, 1.807) is 0 Å². The van der Waals surface area contributed by atoms with E-state index < -0.39 is 17.4 Å². The van der Waals surface area contributed by atoms with Crippen LogP contribution < -0.4 is 0 Å². The van der Waals surface area contributed by atoms with Crippen LogP contribution in [0.15, 0.2) is 40.8 Å². The van der Waals surface area contributed by atoms with Crippen molar-refractivity contribution in [3.05, 3.63) is 47.5 Å². The molecule has 1 aromatic heterocycles. The van der Waals surface area contributed by atoms with Gasteiger partial charge >= 0.3 is 0 Å². The van der Waals surface area contributed by atoms with Crippen molar-refractivity contribution in [3.63, 3.8) is 0 Å². The van der Waals surface area contributed by atoms with Crippen LogP contribution in [0.25, 0.3) is 22.6 Å². The zero-order valence-corrected chi connectivity index (χ0v) is 19.7. The van der Waals surface area contributed by atoms with Gasteiger partial charge in [0.1, 0.15) is 11.3 Å². The molecule has 28 heavy (non-hydrogen) atoms. The molecule has 1 heterocycles. The number of benzene rings is 2. The van der Waals surface area contributed by atoms with Gasteiger partial charge in [-0.2, -0.15) is 0 Å². The number of nitrogens with zero attached hydrogens (tertiary/aromatic N) is 1. The van der Waals surface area contributed by atoms with E-state index in [9.17, 15) is 5.11 Å². The Kier molecular flexibility index (Phi) is 6.12. The fourth-order valence-corrected chi connectivity index (χ4v) is 9.30. The molecular formula is C22H30NO3Si2. The predicted molar refractivity (Wildman–Crippen MR) is 120 cm³/mol. The third kappa shape index (κ3) is 5.13. The van der Waals surface area contributed by atoms with E-state index in [1.165, 1.54) is 0 Å². The van der Waals surface area contributed by atoms with Crippen LogP contribution in [0.4, 0.5) is 0 Å². The summed E-state index contributed by atoms with van der Waals surface area (Å²) in [5, 5.41) is 10.9. The van der Waals surface area contributed by atoms with Crippen molar-refractivity contribution < 1.29 is 13.6 Å². The van der Waals surface area contributed by atoms with Gasteiger partial charge in [-0.1, -0.05) is 25.1 Å². The summed E-state index contributed by atoms with van der Waals surface area (Å²) in [7, 11) is -2.31. The number of phenolic OH excluding ortho intramolecular Hbond substituents is 1. The molecule has 1 radical (unpaired) electrons. The Morgan fingerprint density at radius 1 is 1.21 bits per heavy atom. The van der Waals surface area contributed by atoms with E-state index in [4.69, 9.17) is 8.53 Å². The summed E-state index contributed by atoms with van der Waals surface area (Å²) in [4.78, 5) is 4.56. The van der Waals surface area contributed by atoms with E-state index in [1.807, 2.05) is 37.3 Å². The minimum absolute atomic E-state index is 0.278. The Morgan fingerprint density at radius 3 is 2.61 bits per heavy atom. The van der Waals surface area contributed by atoms with E-state index in [0.717, 1.165) is 34.7 Å². The molecule has 0 fully saturated rings. The van der Waals surface area contributed by atoms with Crippen molar-refractivity contribution in [1.29, 1.82) is 0 Å². The number of phenols is 1. The molecule has 0 saturated carbocycles. The predicted octanol–water partition coefficient (Wildman–Crippen LogP) is 6.16. The molecule has 0 saturated heterocycles. The SMILES string of the molecule is Cc1cc(CC(C)C[Si](C)O[Si](C)(C)C)c(O)c(-c2nc3ccccc3o2)c1. The van der Waals surface area contributed by atoms with Crippen molar-refractivity contribution in [3.8, 4) is 17.2 Å². The third-order valence-corrected chi connectivity index (χ3v) is 9.66. The maximum absolute atomic E-state index is 10.9. The highest BCUT2D eigenvalue weighted by Crippen LogP contribution is 2.36. The molecule has 149 valence electrons. The fourth-order valence-electron chi connectivity index (χ4n) is 3.66. The molecule has 0 aliphatic heterocycles. The molecule has 0 aliphatic carbocycles. The Labute approximate surface area is 170 Å². The summed E-state index contributed by atoms with van der Waals surface area (Å²) >= 11 is 0. The number of aromatic nitrogens is 1. The zero-order chi connectivity index (χ0) is 20.5. The first kappa shape index (κ1) is 20.8. The number of hydrogen-bond acceptors (Lipinski definition) is 4. The molecule has 1 N–H and O–H groups in total. The van der Waals surface area contributed by atoms with Crippen molar-refractivity contribution in [2.75, 3.05) is 0 Å². The van der Waals surface area contributed by atoms with Crippen LogP contribution in [0.5, 0.6) is 5.75 Å². The van der Waals surface area contributed by atoms with Crippen LogP contribution in [-0.2, 0) is 10.5 Å². The summed E-state index contributed by atoms with van der Waals surface area (Å²) in [5.74, 6) is 1.19. The Bertz CT molecular complexity index is 929. The Morgan fingerprint density at radius 2 is 1.93 bits per heavy atom. The molecule has 0 amide bonds. The summed E-state index contributed by atoms with van der Waals surface area (Å²) in [6.45, 7) is 13.3. The van der Waals surface area contributed by atoms with Gasteiger partial charge in [0.15, 0.2) is 22.9 Å². The van der Waals surface area contributed by atoms with Gasteiger partial charge in [-0.15, -0.1) is 0 Å². The molecule has 3 aromatic rings. The van der Waals surface area contributed by atoms with Gasteiger partial charge in [0.25, 0.3) is 0 Å². The number of aromatic hydroxyl groups is 1. The largest absolute Gasteiger partial charge is 0.507 e. The highest BCUT2D eigenvalue weighted by molar-refractivity contribution is 6.77. The van der Waals surface area contributed by atoms with E-state index >= 15 is 0 Å². The molecular weight excluding hydrogens is 382 g/mol. The lowest BCUT2D eigenvalue weighted by atomic mass is 9.97. The standard InChI is InChI=1S/C22H30NO3Si2/c1-15-11-17(12-16(2)14-27(3)26-28(4,5)6)21(24)18(13-15)22-23-19-9-7-8-10-20(19)25-22/h7-11,13,16,24H,12,14H2,1-6H3. The summed E-state index contributed by atoms with van der Waals surface area (Å²) in [6.07, 6.45) is 0.817. The number of hydrogen-bond donors (Lipinski definition) is 1. The molecule has 4 nitrogen and oxygen atoms in total. The maximum atomic E-state index is 10.9. The van der Waals surface area contributed by atoms with Crippen LogP contribution in [-0.4, -0.2) is 27.4 Å². The van der Waals surface area contributed by atoms with Gasteiger partial charge < -0.3 is 13.6 Å². The maximum Gasteiger partial charge on any atom is 0.231 e. The molecule has 0 aliphatic rings. The van der Waals surface area contributed by atoms with Crippen LogP contribution in [0, 0.1) is 12.8 Å². The second-order valence-corrected chi connectivity index (χ2v) is 15.6. The minimum atomic E-state index is -1.49. The van der Waals surface area contributed by atoms with Gasteiger partial charge in [-0.25, -0.2) is 4.98 Å². The molecule has 1 atom stereocenters. The normalized spacial score (nSPS) is 13.4. The van der Waals surface area contributed by atoms with Gasteiger partial charge in [-0.3, -0.25) is 0 Å². The lowest BCUT2D eigenvalue weighted by Crippen LogP contribution is -2.34. The smallest absolute Gasteiger partial charge is 0.231 e. The second kappa shape index (κ2) is 8.23. The molecule has 3 rings (SSSR count). The van der Waals surface area contributed by atoms with Crippen molar-refractivity contribution in [1.82, 2.24) is 4.98 Å². The third-order valence-electron chi connectivity index (χ3n) is 4.54. The molecule has 1 unspecified atom stereocenters. The van der Waals surface area contributed by atoms with E-state index in [0.29, 0.717) is 17.4 Å². The average molecular weight is 413 g/mol. The van der Waals surface area contributed by atoms with Crippen molar-refractivity contribution >= 4 is 28.5 Å². The highest BCUT2D eigenvalue weighted by Gasteiger charge is 2.23. The Balaban J connectivity index is 1.83. The first-order chi connectivity index (χ1) is 13.1. The van der Waals surface area contributed by atoms with Crippen LogP contribution in [0.3, 0.4) is 0 Å². The number of rotatable bonds is 7. The van der Waals surface area contributed by atoms with Gasteiger partial charge in [0.2, 0.25) is 5.89 Å². The minimum Gasteiger partial charge on any atom is -0.507 e. The summed E-state index contributed by atoms with van der Waals surface area (Å²) < 4.78 is 12.2. The number of oxazole rings is 1. The first-order valence-electron chi connectivity index (χ1n) is 9.82. The van der Waals surface area contributed by atoms with Gasteiger partial charge in [0.05, 0.1) is 5.56 Å². The lowest BCUT2D eigenvalue weighted by Gasteiger charge is -2.24. The Hall–Kier alpha value is -1.90. The molecule has 0 bridgehead atoms. The fraction of sp³-hybridized carbons (Fsp3) is 0.409. The summed E-state index contributed by atoms with van der Waals surface area (Å²) in [5.41, 5.74) is 4.24.